The van der Waals surface area contributed by atoms with Gasteiger partial charge in [0.05, 0.1) is 0 Å². The zero-order chi connectivity index (χ0) is 9.19. The van der Waals surface area contributed by atoms with Gasteiger partial charge in [-0.2, -0.15) is 0 Å². The molecule has 0 aromatic carbocycles. The highest BCUT2D eigenvalue weighted by Gasteiger charge is 2.31. The Morgan fingerprint density at radius 1 is 1.25 bits per heavy atom. The molecule has 0 heteroatoms. The van der Waals surface area contributed by atoms with Crippen molar-refractivity contribution in [3.8, 4) is 0 Å². The predicted molar refractivity (Wildman–Crippen MR) is 55.2 cm³/mol. The number of hydrogen-bond acceptors (Lipinski definition) is 0. The van der Waals surface area contributed by atoms with Crippen LogP contribution in [0.5, 0.6) is 0 Å². The summed E-state index contributed by atoms with van der Waals surface area (Å²) in [6.07, 6.45) is 7.17. The van der Waals surface area contributed by atoms with E-state index < -0.39 is 0 Å². The summed E-state index contributed by atoms with van der Waals surface area (Å²) in [5, 5.41) is 0. The highest BCUT2D eigenvalue weighted by molar-refractivity contribution is 4.82. The molecule has 0 amide bonds. The Balaban J connectivity index is 2.28. The second-order valence-electron chi connectivity index (χ2n) is 5.43. The summed E-state index contributed by atoms with van der Waals surface area (Å²) in [6, 6.07) is 0. The predicted octanol–water partition coefficient (Wildman–Crippen LogP) is 4.25. The Hall–Kier alpha value is 0. The molecule has 0 spiro atoms. The molecular weight excluding hydrogens is 144 g/mol. The van der Waals surface area contributed by atoms with E-state index in [2.05, 4.69) is 27.7 Å². The average molecular weight is 168 g/mol. The standard InChI is InChI=1S/C12H24/c1-5-8-12(3,4)9-11-7-6-10(11)2/h10-11H,5-9H2,1-4H3. The summed E-state index contributed by atoms with van der Waals surface area (Å²) in [5.74, 6) is 2.06. The van der Waals surface area contributed by atoms with Crippen molar-refractivity contribution in [2.45, 2.75) is 59.8 Å². The van der Waals surface area contributed by atoms with E-state index in [4.69, 9.17) is 0 Å². The van der Waals surface area contributed by atoms with E-state index in [0.29, 0.717) is 5.41 Å². The quantitative estimate of drug-likeness (QED) is 0.588. The maximum absolute atomic E-state index is 2.43. The van der Waals surface area contributed by atoms with Gasteiger partial charge in [-0.15, -0.1) is 0 Å². The van der Waals surface area contributed by atoms with Crippen LogP contribution in [0.1, 0.15) is 59.8 Å². The summed E-state index contributed by atoms with van der Waals surface area (Å²) >= 11 is 0. The minimum atomic E-state index is 0.605. The van der Waals surface area contributed by atoms with Gasteiger partial charge >= 0.3 is 0 Å². The van der Waals surface area contributed by atoms with Crippen LogP contribution < -0.4 is 0 Å². The normalized spacial score (nSPS) is 30.0. The summed E-state index contributed by atoms with van der Waals surface area (Å²) in [6.45, 7) is 9.57. The van der Waals surface area contributed by atoms with Gasteiger partial charge in [0.25, 0.3) is 0 Å². The van der Waals surface area contributed by atoms with Crippen LogP contribution in [-0.4, -0.2) is 0 Å². The van der Waals surface area contributed by atoms with Gasteiger partial charge in [-0.25, -0.2) is 0 Å². The number of rotatable bonds is 4. The third kappa shape index (κ3) is 2.50. The Morgan fingerprint density at radius 2 is 1.92 bits per heavy atom. The third-order valence-corrected chi connectivity index (χ3v) is 3.54. The topological polar surface area (TPSA) is 0 Å². The molecule has 72 valence electrons. The zero-order valence-electron chi connectivity index (χ0n) is 9.19. The second-order valence-corrected chi connectivity index (χ2v) is 5.43. The Labute approximate surface area is 77.7 Å². The lowest BCUT2D eigenvalue weighted by molar-refractivity contribution is 0.117. The lowest BCUT2D eigenvalue weighted by Crippen LogP contribution is -2.28. The van der Waals surface area contributed by atoms with Crippen LogP contribution >= 0.6 is 0 Å². The van der Waals surface area contributed by atoms with Crippen molar-refractivity contribution in [2.75, 3.05) is 0 Å². The van der Waals surface area contributed by atoms with Gasteiger partial charge < -0.3 is 0 Å². The number of hydrogen-bond donors (Lipinski definition) is 0. The lowest BCUT2D eigenvalue weighted by atomic mass is 9.66. The molecule has 1 aliphatic carbocycles. The molecule has 0 aliphatic heterocycles. The van der Waals surface area contributed by atoms with E-state index >= 15 is 0 Å². The van der Waals surface area contributed by atoms with E-state index in [9.17, 15) is 0 Å². The van der Waals surface area contributed by atoms with Gasteiger partial charge in [-0.05, 0) is 36.5 Å². The fourth-order valence-corrected chi connectivity index (χ4v) is 2.53. The highest BCUT2D eigenvalue weighted by Crippen LogP contribution is 2.43. The third-order valence-electron chi connectivity index (χ3n) is 3.54. The van der Waals surface area contributed by atoms with Crippen LogP contribution in [-0.2, 0) is 0 Å². The smallest absolute Gasteiger partial charge is 0.0352 e. The molecule has 0 bridgehead atoms. The first kappa shape index (κ1) is 10.1. The zero-order valence-corrected chi connectivity index (χ0v) is 9.19. The molecule has 0 heterocycles. The molecule has 1 aliphatic rings. The molecule has 0 aromatic heterocycles. The molecular formula is C12H24. The molecule has 0 radical (unpaired) electrons. The molecule has 0 aromatic rings. The summed E-state index contributed by atoms with van der Waals surface area (Å²) in [5.41, 5.74) is 0.605. The maximum Gasteiger partial charge on any atom is -0.0352 e. The Kier molecular flexibility index (Phi) is 3.20. The average Bonchev–Trinajstić information content (AvgIpc) is 1.98. The first-order valence-electron chi connectivity index (χ1n) is 5.55. The Morgan fingerprint density at radius 3 is 2.25 bits per heavy atom. The van der Waals surface area contributed by atoms with Crippen LogP contribution in [0.4, 0.5) is 0 Å². The largest absolute Gasteiger partial charge is 0.0654 e. The molecule has 0 saturated heterocycles. The Bertz CT molecular complexity index is 135. The van der Waals surface area contributed by atoms with E-state index in [1.165, 1.54) is 32.1 Å². The van der Waals surface area contributed by atoms with Gasteiger partial charge in [0.1, 0.15) is 0 Å². The van der Waals surface area contributed by atoms with Crippen LogP contribution in [0, 0.1) is 17.3 Å². The molecule has 2 unspecified atom stereocenters. The van der Waals surface area contributed by atoms with Crippen molar-refractivity contribution in [3.05, 3.63) is 0 Å². The van der Waals surface area contributed by atoms with Gasteiger partial charge in [-0.3, -0.25) is 0 Å². The molecule has 0 nitrogen and oxygen atoms in total. The van der Waals surface area contributed by atoms with Crippen molar-refractivity contribution in [3.63, 3.8) is 0 Å². The molecule has 2 atom stereocenters. The summed E-state index contributed by atoms with van der Waals surface area (Å²) < 4.78 is 0. The van der Waals surface area contributed by atoms with Crippen molar-refractivity contribution in [1.82, 2.24) is 0 Å². The van der Waals surface area contributed by atoms with Gasteiger partial charge in [0, 0.05) is 0 Å². The van der Waals surface area contributed by atoms with Crippen molar-refractivity contribution in [2.24, 2.45) is 17.3 Å². The van der Waals surface area contributed by atoms with Crippen molar-refractivity contribution in [1.29, 1.82) is 0 Å². The monoisotopic (exact) mass is 168 g/mol. The molecule has 1 fully saturated rings. The van der Waals surface area contributed by atoms with Crippen molar-refractivity contribution < 1.29 is 0 Å². The second kappa shape index (κ2) is 3.81. The molecule has 1 saturated carbocycles. The van der Waals surface area contributed by atoms with E-state index in [0.717, 1.165) is 11.8 Å². The van der Waals surface area contributed by atoms with E-state index in [-0.39, 0.29) is 0 Å². The van der Waals surface area contributed by atoms with Crippen LogP contribution in [0.2, 0.25) is 0 Å². The first-order valence-corrected chi connectivity index (χ1v) is 5.55. The minimum Gasteiger partial charge on any atom is -0.0654 e. The van der Waals surface area contributed by atoms with E-state index in [1.54, 1.807) is 0 Å². The fourth-order valence-electron chi connectivity index (χ4n) is 2.53. The fraction of sp³-hybridized carbons (Fsp3) is 1.00. The van der Waals surface area contributed by atoms with Crippen LogP contribution in [0.3, 0.4) is 0 Å². The van der Waals surface area contributed by atoms with Crippen LogP contribution in [0.15, 0.2) is 0 Å². The van der Waals surface area contributed by atoms with Gasteiger partial charge in [-0.1, -0.05) is 40.5 Å². The first-order chi connectivity index (χ1) is 5.55. The molecule has 0 N–H and O–H groups in total. The summed E-state index contributed by atoms with van der Waals surface area (Å²) in [4.78, 5) is 0. The van der Waals surface area contributed by atoms with Crippen molar-refractivity contribution >= 4 is 0 Å². The van der Waals surface area contributed by atoms with Crippen LogP contribution in [0.25, 0.3) is 0 Å². The van der Waals surface area contributed by atoms with Gasteiger partial charge in [0.15, 0.2) is 0 Å². The minimum absolute atomic E-state index is 0.605. The van der Waals surface area contributed by atoms with Gasteiger partial charge in [0.2, 0.25) is 0 Å². The molecule has 1 rings (SSSR count). The highest BCUT2D eigenvalue weighted by atomic mass is 14.4. The maximum atomic E-state index is 2.43. The summed E-state index contributed by atoms with van der Waals surface area (Å²) in [7, 11) is 0. The lowest BCUT2D eigenvalue weighted by Gasteiger charge is -2.39. The molecule has 12 heavy (non-hydrogen) atoms. The van der Waals surface area contributed by atoms with E-state index in [1.807, 2.05) is 0 Å². The SMILES string of the molecule is CCCC(C)(C)CC1CCC1C.